The fourth-order valence-electron chi connectivity index (χ4n) is 3.79. The monoisotopic (exact) mass is 344 g/mol. The van der Waals surface area contributed by atoms with Crippen LogP contribution in [-0.2, 0) is 9.59 Å². The lowest BCUT2D eigenvalue weighted by molar-refractivity contribution is -0.134. The number of hydrogen-bond donors (Lipinski definition) is 1. The standard InChI is InChI=1S/C19H28N4O2/c1-21(2)8-9-22-11-15(10-18(22)24)19(25)23-12-16(17(20)13-23)14-6-4-3-5-7-14/h3-7,15-17H,8-13,20H2,1-2H3/t15?,16-,17+/m0/s1. The zero-order valence-corrected chi connectivity index (χ0v) is 15.1. The van der Waals surface area contributed by atoms with Gasteiger partial charge in [-0.05, 0) is 19.7 Å². The molecule has 136 valence electrons. The highest BCUT2D eigenvalue weighted by Crippen LogP contribution is 2.29. The highest BCUT2D eigenvalue weighted by molar-refractivity contribution is 5.89. The highest BCUT2D eigenvalue weighted by atomic mass is 16.2. The van der Waals surface area contributed by atoms with E-state index in [1.165, 1.54) is 5.56 Å². The molecule has 2 amide bonds. The molecule has 25 heavy (non-hydrogen) atoms. The van der Waals surface area contributed by atoms with Crippen molar-refractivity contribution < 1.29 is 9.59 Å². The molecule has 2 fully saturated rings. The first kappa shape index (κ1) is 17.9. The molecule has 2 aliphatic rings. The Labute approximate surface area is 149 Å². The number of amides is 2. The summed E-state index contributed by atoms with van der Waals surface area (Å²) < 4.78 is 0. The summed E-state index contributed by atoms with van der Waals surface area (Å²) in [5.41, 5.74) is 7.48. The van der Waals surface area contributed by atoms with E-state index in [1.54, 1.807) is 0 Å². The molecule has 0 aliphatic carbocycles. The van der Waals surface area contributed by atoms with Crippen molar-refractivity contribution >= 4 is 11.8 Å². The Morgan fingerprint density at radius 3 is 2.60 bits per heavy atom. The van der Waals surface area contributed by atoms with E-state index in [0.717, 1.165) is 6.54 Å². The molecule has 0 saturated carbocycles. The zero-order chi connectivity index (χ0) is 18.0. The maximum absolute atomic E-state index is 12.9. The van der Waals surface area contributed by atoms with Gasteiger partial charge in [-0.1, -0.05) is 30.3 Å². The maximum atomic E-state index is 12.9. The third-order valence-corrected chi connectivity index (χ3v) is 5.29. The lowest BCUT2D eigenvalue weighted by Crippen LogP contribution is -2.38. The topological polar surface area (TPSA) is 69.9 Å². The second-order valence-corrected chi connectivity index (χ2v) is 7.47. The van der Waals surface area contributed by atoms with Crippen molar-refractivity contribution in [1.29, 1.82) is 0 Å². The fourth-order valence-corrected chi connectivity index (χ4v) is 3.79. The normalized spacial score (nSPS) is 26.7. The third kappa shape index (κ3) is 4.02. The Balaban J connectivity index is 1.60. The van der Waals surface area contributed by atoms with Crippen LogP contribution >= 0.6 is 0 Å². The summed E-state index contributed by atoms with van der Waals surface area (Å²) in [6.07, 6.45) is 0.327. The van der Waals surface area contributed by atoms with E-state index in [1.807, 2.05) is 47.0 Å². The largest absolute Gasteiger partial charge is 0.341 e. The molecule has 0 aromatic heterocycles. The highest BCUT2D eigenvalue weighted by Gasteiger charge is 2.40. The molecule has 2 saturated heterocycles. The van der Waals surface area contributed by atoms with Crippen molar-refractivity contribution in [2.45, 2.75) is 18.4 Å². The van der Waals surface area contributed by atoms with E-state index in [0.29, 0.717) is 32.6 Å². The van der Waals surface area contributed by atoms with Gasteiger partial charge in [0.25, 0.3) is 0 Å². The average Bonchev–Trinajstić information content (AvgIpc) is 3.16. The van der Waals surface area contributed by atoms with Crippen LogP contribution < -0.4 is 5.73 Å². The number of carbonyl (C=O) groups is 2. The predicted octanol–water partition coefficient (Wildman–Crippen LogP) is 0.350. The van der Waals surface area contributed by atoms with Gasteiger partial charge in [-0.15, -0.1) is 0 Å². The number of rotatable bonds is 5. The summed E-state index contributed by atoms with van der Waals surface area (Å²) in [5.74, 6) is 0.112. The molecule has 0 radical (unpaired) electrons. The predicted molar refractivity (Wildman–Crippen MR) is 97.0 cm³/mol. The molecule has 6 heteroatoms. The smallest absolute Gasteiger partial charge is 0.228 e. The Morgan fingerprint density at radius 2 is 1.92 bits per heavy atom. The number of likely N-dealkylation sites (tertiary alicyclic amines) is 2. The lowest BCUT2D eigenvalue weighted by atomic mass is 9.95. The second-order valence-electron chi connectivity index (χ2n) is 7.47. The van der Waals surface area contributed by atoms with Gasteiger partial charge in [-0.3, -0.25) is 9.59 Å². The first-order valence-corrected chi connectivity index (χ1v) is 8.97. The number of nitrogens with two attached hydrogens (primary N) is 1. The van der Waals surface area contributed by atoms with E-state index >= 15 is 0 Å². The van der Waals surface area contributed by atoms with Gasteiger partial charge in [0.2, 0.25) is 11.8 Å². The summed E-state index contributed by atoms with van der Waals surface area (Å²) in [5, 5.41) is 0. The van der Waals surface area contributed by atoms with Crippen molar-refractivity contribution in [1.82, 2.24) is 14.7 Å². The van der Waals surface area contributed by atoms with Crippen LogP contribution in [-0.4, -0.2) is 79.4 Å². The quantitative estimate of drug-likeness (QED) is 0.837. The summed E-state index contributed by atoms with van der Waals surface area (Å²) in [6, 6.07) is 10.1. The van der Waals surface area contributed by atoms with Crippen LogP contribution in [0.1, 0.15) is 17.9 Å². The summed E-state index contributed by atoms with van der Waals surface area (Å²) in [7, 11) is 3.97. The van der Waals surface area contributed by atoms with Crippen LogP contribution in [0, 0.1) is 5.92 Å². The number of hydrogen-bond acceptors (Lipinski definition) is 4. The molecule has 1 aromatic rings. The van der Waals surface area contributed by atoms with Gasteiger partial charge >= 0.3 is 0 Å². The van der Waals surface area contributed by atoms with Crippen molar-refractivity contribution in [2.75, 3.05) is 46.8 Å². The number of benzene rings is 1. The fraction of sp³-hybridized carbons (Fsp3) is 0.579. The van der Waals surface area contributed by atoms with Gasteiger partial charge in [0.1, 0.15) is 0 Å². The van der Waals surface area contributed by atoms with Crippen LogP contribution in [0.5, 0.6) is 0 Å². The minimum atomic E-state index is -0.226. The zero-order valence-electron chi connectivity index (χ0n) is 15.1. The molecule has 6 nitrogen and oxygen atoms in total. The maximum Gasteiger partial charge on any atom is 0.228 e. The minimum Gasteiger partial charge on any atom is -0.341 e. The summed E-state index contributed by atoms with van der Waals surface area (Å²) in [4.78, 5) is 30.8. The summed E-state index contributed by atoms with van der Waals surface area (Å²) in [6.45, 7) is 3.25. The average molecular weight is 344 g/mol. The van der Waals surface area contributed by atoms with E-state index < -0.39 is 0 Å². The Hall–Kier alpha value is -1.92. The van der Waals surface area contributed by atoms with E-state index in [9.17, 15) is 9.59 Å². The van der Waals surface area contributed by atoms with E-state index in [-0.39, 0.29) is 29.7 Å². The molecule has 3 atom stereocenters. The molecule has 2 heterocycles. The Morgan fingerprint density at radius 1 is 1.20 bits per heavy atom. The molecular formula is C19H28N4O2. The molecule has 3 rings (SSSR count). The minimum absolute atomic E-state index is 0.0479. The van der Waals surface area contributed by atoms with Crippen LogP contribution in [0.3, 0.4) is 0 Å². The molecular weight excluding hydrogens is 316 g/mol. The van der Waals surface area contributed by atoms with Gasteiger partial charge in [-0.2, -0.15) is 0 Å². The first-order chi connectivity index (χ1) is 12.0. The van der Waals surface area contributed by atoms with Crippen molar-refractivity contribution in [3.05, 3.63) is 35.9 Å². The molecule has 0 bridgehead atoms. The van der Waals surface area contributed by atoms with Gasteiger partial charge in [-0.25, -0.2) is 0 Å². The van der Waals surface area contributed by atoms with Gasteiger partial charge in [0.05, 0.1) is 5.92 Å². The molecule has 1 unspecified atom stereocenters. The Kier molecular flexibility index (Phi) is 5.39. The number of nitrogens with zero attached hydrogens (tertiary/aromatic N) is 3. The van der Waals surface area contributed by atoms with Gasteiger partial charge in [0.15, 0.2) is 0 Å². The SMILES string of the molecule is CN(C)CCN1CC(C(=O)N2C[C@@H](N)[C@H](c3ccccc3)C2)CC1=O. The van der Waals surface area contributed by atoms with E-state index in [2.05, 4.69) is 12.1 Å². The second kappa shape index (κ2) is 7.54. The van der Waals surface area contributed by atoms with Gasteiger partial charge < -0.3 is 20.4 Å². The molecule has 0 spiro atoms. The van der Waals surface area contributed by atoms with Crippen molar-refractivity contribution in [2.24, 2.45) is 11.7 Å². The lowest BCUT2D eigenvalue weighted by Gasteiger charge is -2.22. The van der Waals surface area contributed by atoms with Crippen molar-refractivity contribution in [3.63, 3.8) is 0 Å². The third-order valence-electron chi connectivity index (χ3n) is 5.29. The van der Waals surface area contributed by atoms with Crippen LogP contribution in [0.2, 0.25) is 0 Å². The van der Waals surface area contributed by atoms with Crippen molar-refractivity contribution in [3.8, 4) is 0 Å². The first-order valence-electron chi connectivity index (χ1n) is 8.97. The Bertz CT molecular complexity index is 619. The molecule has 2 N–H and O–H groups in total. The summed E-state index contributed by atoms with van der Waals surface area (Å²) >= 11 is 0. The van der Waals surface area contributed by atoms with Gasteiger partial charge in [0, 0.05) is 51.1 Å². The van der Waals surface area contributed by atoms with E-state index in [4.69, 9.17) is 5.73 Å². The van der Waals surface area contributed by atoms with Crippen LogP contribution in [0.4, 0.5) is 0 Å². The molecule has 1 aromatic carbocycles. The number of likely N-dealkylation sites (N-methyl/N-ethyl adjacent to an activating group) is 1. The number of carbonyl (C=O) groups excluding carboxylic acids is 2. The van der Waals surface area contributed by atoms with Crippen LogP contribution in [0.25, 0.3) is 0 Å². The van der Waals surface area contributed by atoms with Crippen LogP contribution in [0.15, 0.2) is 30.3 Å². The molecule has 2 aliphatic heterocycles.